The van der Waals surface area contributed by atoms with Crippen molar-refractivity contribution >= 4 is 27.5 Å². The Morgan fingerprint density at radius 1 is 1.35 bits per heavy atom. The molecule has 3 rings (SSSR count). The minimum Gasteiger partial charge on any atom is -0.388 e. The van der Waals surface area contributed by atoms with Crippen LogP contribution in [0.3, 0.4) is 0 Å². The summed E-state index contributed by atoms with van der Waals surface area (Å²) in [5.74, 6) is 0.0110. The number of nitrogens with zero attached hydrogens (tertiary/aromatic N) is 2. The summed E-state index contributed by atoms with van der Waals surface area (Å²) < 4.78 is 27.5. The number of carbonyl (C=O) groups excluding carboxylic acids is 1. The van der Waals surface area contributed by atoms with Crippen LogP contribution in [-0.2, 0) is 10.0 Å². The van der Waals surface area contributed by atoms with E-state index in [1.54, 1.807) is 11.8 Å². The van der Waals surface area contributed by atoms with Crippen molar-refractivity contribution in [1.82, 2.24) is 9.21 Å². The highest BCUT2D eigenvalue weighted by Crippen LogP contribution is 2.30. The molecule has 0 spiro atoms. The normalized spacial score (nSPS) is 27.7. The maximum absolute atomic E-state index is 13.0. The molecule has 144 valence electrons. The highest BCUT2D eigenvalue weighted by molar-refractivity contribution is 7.89. The highest BCUT2D eigenvalue weighted by Gasteiger charge is 2.35. The predicted octanol–water partition coefficient (Wildman–Crippen LogP) is 2.36. The highest BCUT2D eigenvalue weighted by atomic mass is 35.5. The van der Waals surface area contributed by atoms with Crippen LogP contribution >= 0.6 is 11.6 Å². The van der Waals surface area contributed by atoms with Crippen LogP contribution in [0.15, 0.2) is 23.1 Å². The molecule has 0 bridgehead atoms. The third-order valence-electron chi connectivity index (χ3n) is 5.15. The molecule has 0 unspecified atom stereocenters. The second-order valence-electron chi connectivity index (χ2n) is 7.73. The fourth-order valence-electron chi connectivity index (χ4n) is 3.64. The maximum atomic E-state index is 13.0. The van der Waals surface area contributed by atoms with Crippen molar-refractivity contribution in [1.29, 1.82) is 0 Å². The zero-order valence-electron chi connectivity index (χ0n) is 15.1. The molecule has 0 radical (unpaired) electrons. The molecule has 1 N–H and O–H groups in total. The lowest BCUT2D eigenvalue weighted by Crippen LogP contribution is -2.39. The molecule has 8 heteroatoms. The molecule has 1 aromatic carbocycles. The van der Waals surface area contributed by atoms with Crippen molar-refractivity contribution in [3.63, 3.8) is 0 Å². The summed E-state index contributed by atoms with van der Waals surface area (Å²) in [4.78, 5) is 14.2. The summed E-state index contributed by atoms with van der Waals surface area (Å²) in [6.45, 7) is 5.33. The number of sulfonamides is 1. The lowest BCUT2D eigenvalue weighted by Gasteiger charge is -2.30. The van der Waals surface area contributed by atoms with Crippen LogP contribution in [-0.4, -0.2) is 60.4 Å². The molecular weight excluding hydrogens is 376 g/mol. The molecule has 2 heterocycles. The monoisotopic (exact) mass is 400 g/mol. The van der Waals surface area contributed by atoms with Crippen LogP contribution in [0.4, 0.5) is 0 Å². The van der Waals surface area contributed by atoms with E-state index >= 15 is 0 Å². The van der Waals surface area contributed by atoms with Gasteiger partial charge in [0.2, 0.25) is 10.0 Å². The largest absolute Gasteiger partial charge is 0.388 e. The van der Waals surface area contributed by atoms with Crippen LogP contribution < -0.4 is 0 Å². The average Bonchev–Trinajstić information content (AvgIpc) is 2.94. The van der Waals surface area contributed by atoms with Gasteiger partial charge >= 0.3 is 0 Å². The topological polar surface area (TPSA) is 77.9 Å². The third-order valence-corrected chi connectivity index (χ3v) is 7.50. The first-order valence-electron chi connectivity index (χ1n) is 8.91. The molecule has 6 nitrogen and oxygen atoms in total. The second kappa shape index (κ2) is 7.11. The van der Waals surface area contributed by atoms with E-state index < -0.39 is 15.6 Å². The first-order chi connectivity index (χ1) is 12.1. The summed E-state index contributed by atoms with van der Waals surface area (Å²) in [7, 11) is -3.75. The number of halogens is 1. The van der Waals surface area contributed by atoms with Gasteiger partial charge in [-0.1, -0.05) is 18.5 Å². The van der Waals surface area contributed by atoms with Gasteiger partial charge in [-0.25, -0.2) is 8.42 Å². The molecule has 2 aliphatic heterocycles. The van der Waals surface area contributed by atoms with Crippen LogP contribution in [0.1, 0.15) is 43.5 Å². The fraction of sp³-hybridized carbons (Fsp3) is 0.611. The van der Waals surface area contributed by atoms with Gasteiger partial charge in [-0.15, -0.1) is 0 Å². The Balaban J connectivity index is 1.89. The van der Waals surface area contributed by atoms with Crippen molar-refractivity contribution in [2.75, 3.05) is 26.2 Å². The summed E-state index contributed by atoms with van der Waals surface area (Å²) in [5, 5.41) is 10.2. The minimum atomic E-state index is -3.75. The smallest absolute Gasteiger partial charge is 0.253 e. The first-order valence-corrected chi connectivity index (χ1v) is 10.7. The molecule has 26 heavy (non-hydrogen) atoms. The molecule has 2 fully saturated rings. The maximum Gasteiger partial charge on any atom is 0.253 e. The third kappa shape index (κ3) is 3.91. The van der Waals surface area contributed by atoms with Gasteiger partial charge in [-0.05, 0) is 50.3 Å². The van der Waals surface area contributed by atoms with E-state index in [4.69, 9.17) is 11.6 Å². The Kier molecular flexibility index (Phi) is 5.36. The molecule has 1 aromatic rings. The number of aliphatic hydroxyl groups is 1. The Morgan fingerprint density at radius 2 is 2.08 bits per heavy atom. The standard InChI is InChI=1S/C18H25ClN2O4S/c1-13-4-3-8-21(11-13)26(24,25)16-10-14(5-6-15(16)19)17(22)20-9-7-18(2,23)12-20/h5-6,10,13,23H,3-4,7-9,11-12H2,1-2H3/t13-,18+/m0/s1. The molecule has 0 aliphatic carbocycles. The molecule has 2 atom stereocenters. The number of benzene rings is 1. The van der Waals surface area contributed by atoms with Gasteiger partial charge in [0.1, 0.15) is 4.90 Å². The number of likely N-dealkylation sites (tertiary alicyclic amines) is 1. The van der Waals surface area contributed by atoms with E-state index in [9.17, 15) is 18.3 Å². The van der Waals surface area contributed by atoms with Crippen LogP contribution in [0.5, 0.6) is 0 Å². The zero-order chi connectivity index (χ0) is 19.1. The average molecular weight is 401 g/mol. The van der Waals surface area contributed by atoms with E-state index in [1.165, 1.54) is 22.5 Å². The van der Waals surface area contributed by atoms with E-state index in [0.29, 0.717) is 32.0 Å². The van der Waals surface area contributed by atoms with Crippen LogP contribution in [0.2, 0.25) is 5.02 Å². The van der Waals surface area contributed by atoms with Gasteiger partial charge < -0.3 is 10.0 Å². The molecule has 2 aliphatic rings. The van der Waals surface area contributed by atoms with Gasteiger partial charge in [-0.2, -0.15) is 4.31 Å². The SMILES string of the molecule is C[C@H]1CCCN(S(=O)(=O)c2cc(C(=O)N3CC[C@@](C)(O)C3)ccc2Cl)C1. The molecule has 1 amide bonds. The number of hydrogen-bond donors (Lipinski definition) is 1. The van der Waals surface area contributed by atoms with E-state index in [0.717, 1.165) is 12.8 Å². The first kappa shape index (κ1) is 19.6. The van der Waals surface area contributed by atoms with Gasteiger partial charge in [0.15, 0.2) is 0 Å². The number of hydrogen-bond acceptors (Lipinski definition) is 4. The van der Waals surface area contributed by atoms with E-state index in [2.05, 4.69) is 0 Å². The van der Waals surface area contributed by atoms with Gasteiger partial charge in [0.05, 0.1) is 10.6 Å². The van der Waals surface area contributed by atoms with Crippen molar-refractivity contribution in [3.05, 3.63) is 28.8 Å². The number of amides is 1. The van der Waals surface area contributed by atoms with Gasteiger partial charge in [0.25, 0.3) is 5.91 Å². The number of carbonyl (C=O) groups is 1. The van der Waals surface area contributed by atoms with Crippen molar-refractivity contribution in [2.45, 2.75) is 43.6 Å². The fourth-order valence-corrected chi connectivity index (χ4v) is 5.74. The lowest BCUT2D eigenvalue weighted by atomic mass is 10.0. The zero-order valence-corrected chi connectivity index (χ0v) is 16.7. The summed E-state index contributed by atoms with van der Waals surface area (Å²) in [6.07, 6.45) is 2.33. The summed E-state index contributed by atoms with van der Waals surface area (Å²) in [5.41, 5.74) is -0.628. The summed E-state index contributed by atoms with van der Waals surface area (Å²) in [6, 6.07) is 4.37. The minimum absolute atomic E-state index is 0.0231. The van der Waals surface area contributed by atoms with E-state index in [-0.39, 0.29) is 27.9 Å². The Hall–Kier alpha value is -1.15. The Labute approximate surface area is 159 Å². The number of piperidine rings is 1. The quantitative estimate of drug-likeness (QED) is 0.844. The van der Waals surface area contributed by atoms with Crippen LogP contribution in [0, 0.1) is 5.92 Å². The molecule has 0 saturated carbocycles. The Bertz CT molecular complexity index is 809. The van der Waals surface area contributed by atoms with Crippen molar-refractivity contribution < 1.29 is 18.3 Å². The molecule has 0 aromatic heterocycles. The summed E-state index contributed by atoms with van der Waals surface area (Å²) >= 11 is 6.18. The van der Waals surface area contributed by atoms with Gasteiger partial charge in [0, 0.05) is 31.7 Å². The van der Waals surface area contributed by atoms with Crippen molar-refractivity contribution in [2.24, 2.45) is 5.92 Å². The van der Waals surface area contributed by atoms with Crippen molar-refractivity contribution in [3.8, 4) is 0 Å². The van der Waals surface area contributed by atoms with Crippen LogP contribution in [0.25, 0.3) is 0 Å². The van der Waals surface area contributed by atoms with Gasteiger partial charge in [-0.3, -0.25) is 4.79 Å². The van der Waals surface area contributed by atoms with E-state index in [1.807, 2.05) is 6.92 Å². The predicted molar refractivity (Wildman–Crippen MR) is 99.8 cm³/mol. The lowest BCUT2D eigenvalue weighted by molar-refractivity contribution is 0.0572. The molecular formula is C18H25ClN2O4S. The molecule has 2 saturated heterocycles. The Morgan fingerprint density at radius 3 is 2.69 bits per heavy atom. The second-order valence-corrected chi connectivity index (χ2v) is 10.0. The number of rotatable bonds is 3. The number of β-amino-alcohol motifs (C(OH)–C–C–N with tert-alkyl or cyclic N) is 1.